The van der Waals surface area contributed by atoms with Crippen molar-refractivity contribution in [1.82, 2.24) is 14.5 Å². The molecular weight excluding hydrogens is 952 g/mol. The number of phenolic OH excluding ortho intramolecular Hbond substituents is 1. The van der Waals surface area contributed by atoms with Gasteiger partial charge in [-0.1, -0.05) is 176 Å². The third-order valence-electron chi connectivity index (χ3n) is 12.0. The van der Waals surface area contributed by atoms with Crippen molar-refractivity contribution in [1.29, 1.82) is 0 Å². The zero-order valence-electron chi connectivity index (χ0n) is 39.9. The zero-order valence-corrected chi connectivity index (χ0v) is 42.1. The first kappa shape index (κ1) is 47.2. The van der Waals surface area contributed by atoms with E-state index in [1.54, 1.807) is 0 Å². The maximum absolute atomic E-state index is 12.2. The van der Waals surface area contributed by atoms with Crippen LogP contribution in [0.2, 0.25) is 0 Å². The van der Waals surface area contributed by atoms with Crippen molar-refractivity contribution >= 4 is 16.7 Å². The largest absolute Gasteiger partial charge is 0.507 e. The van der Waals surface area contributed by atoms with Gasteiger partial charge in [0.25, 0.3) is 0 Å². The van der Waals surface area contributed by atoms with Crippen molar-refractivity contribution in [3.63, 3.8) is 0 Å². The number of aromatic hydroxyl groups is 1. The maximum atomic E-state index is 12.2. The Morgan fingerprint density at radius 1 is 0.556 bits per heavy atom. The standard InChI is InChI=1S/C57H63N4O.Pt/c1-53(2,3)38-26-27-47(41(31-38)35-22-18-17-19-23-35)61-48-25-21-20-24-45(48)60-52(61)37-28-36(29-39(30-37)54(4,5)6)46-34-43(56(10,11)12)50(58-16)49(59-46)42-32-40(55(7,8)9)33-44(51(42)62)57(13,14)15;/h17-27,29-34,62H,1-15H3;/q-1;. The van der Waals surface area contributed by atoms with Gasteiger partial charge in [0.1, 0.15) is 5.75 Å². The van der Waals surface area contributed by atoms with Crippen molar-refractivity contribution in [3.8, 4) is 56.5 Å². The second-order valence-corrected chi connectivity index (χ2v) is 22.1. The van der Waals surface area contributed by atoms with E-state index in [1.807, 2.05) is 12.1 Å². The Hall–Kier alpha value is -5.30. The van der Waals surface area contributed by atoms with E-state index in [1.165, 1.54) is 5.56 Å². The average molecular weight is 1020 g/mol. The number of para-hydroxylation sites is 2. The molecule has 0 aliphatic heterocycles. The molecule has 0 saturated heterocycles. The molecule has 5 aromatic carbocycles. The summed E-state index contributed by atoms with van der Waals surface area (Å²) < 4.78 is 2.29. The molecule has 0 saturated carbocycles. The number of fused-ring (bicyclic) bond motifs is 1. The van der Waals surface area contributed by atoms with E-state index in [2.05, 4.69) is 210 Å². The molecule has 0 fully saturated rings. The first-order valence-electron chi connectivity index (χ1n) is 21.8. The van der Waals surface area contributed by atoms with Crippen molar-refractivity contribution in [2.45, 2.75) is 131 Å². The fraction of sp³-hybridized carbons (Fsp3) is 0.351. The van der Waals surface area contributed by atoms with Gasteiger partial charge in [-0.25, -0.2) is 4.85 Å². The van der Waals surface area contributed by atoms with Crippen LogP contribution >= 0.6 is 0 Å². The fourth-order valence-corrected chi connectivity index (χ4v) is 8.13. The fourth-order valence-electron chi connectivity index (χ4n) is 8.13. The summed E-state index contributed by atoms with van der Waals surface area (Å²) in [6, 6.07) is 40.2. The number of rotatable bonds is 5. The quantitative estimate of drug-likeness (QED) is 0.175. The van der Waals surface area contributed by atoms with Crippen molar-refractivity contribution in [2.24, 2.45) is 0 Å². The molecule has 6 heteroatoms. The molecule has 0 aliphatic carbocycles. The number of phenols is 1. The van der Waals surface area contributed by atoms with Crippen molar-refractivity contribution < 1.29 is 26.2 Å². The normalized spacial score (nSPS) is 12.6. The second kappa shape index (κ2) is 16.7. The number of hydrogen-bond acceptors (Lipinski definition) is 3. The molecule has 0 unspecified atom stereocenters. The minimum absolute atomic E-state index is 0. The molecule has 0 amide bonds. The van der Waals surface area contributed by atoms with E-state index < -0.39 is 5.41 Å². The van der Waals surface area contributed by atoms with Gasteiger partial charge in [-0.3, -0.25) is 9.97 Å². The van der Waals surface area contributed by atoms with Crippen LogP contribution in [0.5, 0.6) is 5.75 Å². The summed E-state index contributed by atoms with van der Waals surface area (Å²) >= 11 is 0. The Balaban J connectivity index is 0.00000661. The van der Waals surface area contributed by atoms with Gasteiger partial charge in [0.05, 0.1) is 29.1 Å². The van der Waals surface area contributed by atoms with Crippen LogP contribution in [0.25, 0.3) is 66.6 Å². The predicted octanol–water partition coefficient (Wildman–Crippen LogP) is 15.6. The number of benzene rings is 5. The monoisotopic (exact) mass is 1010 g/mol. The first-order valence-corrected chi connectivity index (χ1v) is 21.8. The number of nitrogens with zero attached hydrogens (tertiary/aromatic N) is 4. The molecule has 5 nitrogen and oxygen atoms in total. The third kappa shape index (κ3) is 9.35. The Bertz CT molecular complexity index is 2880. The van der Waals surface area contributed by atoms with E-state index in [9.17, 15) is 5.11 Å². The van der Waals surface area contributed by atoms with Crippen LogP contribution in [0.3, 0.4) is 0 Å². The Labute approximate surface area is 391 Å². The summed E-state index contributed by atoms with van der Waals surface area (Å²) in [7, 11) is 0. The minimum Gasteiger partial charge on any atom is -0.507 e. The molecule has 328 valence electrons. The molecule has 0 radical (unpaired) electrons. The summed E-state index contributed by atoms with van der Waals surface area (Å²) in [4.78, 5) is 15.0. The molecule has 7 aromatic rings. The number of hydrogen-bond donors (Lipinski definition) is 1. The van der Waals surface area contributed by atoms with Crippen LogP contribution in [0, 0.1) is 12.6 Å². The number of aromatic nitrogens is 3. The van der Waals surface area contributed by atoms with Gasteiger partial charge in [0, 0.05) is 49.1 Å². The maximum Gasteiger partial charge on any atom is 0.215 e. The van der Waals surface area contributed by atoms with Crippen LogP contribution in [0.1, 0.15) is 132 Å². The third-order valence-corrected chi connectivity index (χ3v) is 12.0. The molecule has 0 spiro atoms. The minimum atomic E-state index is -0.415. The van der Waals surface area contributed by atoms with Crippen LogP contribution in [-0.2, 0) is 48.1 Å². The molecular formula is C57H63N4OPt-. The topological polar surface area (TPSA) is 55.3 Å². The van der Waals surface area contributed by atoms with Crippen molar-refractivity contribution in [2.75, 3.05) is 0 Å². The molecule has 0 atom stereocenters. The summed E-state index contributed by atoms with van der Waals surface area (Å²) in [6.45, 7) is 41.3. The SMILES string of the molecule is [C-]#[N+]c1c(C(C)(C)C)cc(-c2[c-]c(-c3nc4ccccc4n3-c3ccc(C(C)(C)C)cc3-c3ccccc3)cc(C(C)(C)C)c2)nc1-c1cc(C(C)(C)C)cc(C(C)(C)C)c1O.[Pt]. The van der Waals surface area contributed by atoms with E-state index in [0.29, 0.717) is 22.6 Å². The first-order chi connectivity index (χ1) is 28.8. The van der Waals surface area contributed by atoms with Crippen molar-refractivity contribution in [3.05, 3.63) is 148 Å². The van der Waals surface area contributed by atoms with Gasteiger partial charge in [0.15, 0.2) is 0 Å². The van der Waals surface area contributed by atoms with Crippen LogP contribution in [0.4, 0.5) is 5.69 Å². The number of pyridine rings is 1. The molecule has 63 heavy (non-hydrogen) atoms. The predicted molar refractivity (Wildman–Crippen MR) is 261 cm³/mol. The van der Waals surface area contributed by atoms with Crippen LogP contribution < -0.4 is 0 Å². The van der Waals surface area contributed by atoms with E-state index >= 15 is 0 Å². The summed E-state index contributed by atoms with van der Waals surface area (Å²) in [5, 5.41) is 12.2. The van der Waals surface area contributed by atoms with Crippen LogP contribution in [0.15, 0.2) is 103 Å². The Morgan fingerprint density at radius 2 is 1.11 bits per heavy atom. The van der Waals surface area contributed by atoms with E-state index in [4.69, 9.17) is 16.5 Å². The van der Waals surface area contributed by atoms with E-state index in [-0.39, 0.29) is 48.5 Å². The van der Waals surface area contributed by atoms with Gasteiger partial charge in [0.2, 0.25) is 5.69 Å². The summed E-state index contributed by atoms with van der Waals surface area (Å²) in [6.07, 6.45) is 0. The molecule has 2 aromatic heterocycles. The molecule has 1 N–H and O–H groups in total. The van der Waals surface area contributed by atoms with Gasteiger partial charge in [-0.15, -0.1) is 23.8 Å². The average Bonchev–Trinajstić information content (AvgIpc) is 3.58. The molecule has 2 heterocycles. The molecule has 0 bridgehead atoms. The Kier molecular flexibility index (Phi) is 12.5. The summed E-state index contributed by atoms with van der Waals surface area (Å²) in [5.74, 6) is 0.937. The van der Waals surface area contributed by atoms with Crippen LogP contribution in [-0.4, -0.2) is 19.6 Å². The number of imidazole rings is 1. The Morgan fingerprint density at radius 3 is 1.70 bits per heavy atom. The smallest absolute Gasteiger partial charge is 0.215 e. The van der Waals surface area contributed by atoms with E-state index in [0.717, 1.165) is 67.1 Å². The molecule has 0 aliphatic rings. The van der Waals surface area contributed by atoms with Gasteiger partial charge >= 0.3 is 0 Å². The van der Waals surface area contributed by atoms with Gasteiger partial charge in [-0.05, 0) is 79.7 Å². The second-order valence-electron chi connectivity index (χ2n) is 22.1. The summed E-state index contributed by atoms with van der Waals surface area (Å²) in [5.41, 5.74) is 12.8. The molecule has 7 rings (SSSR count). The van der Waals surface area contributed by atoms with Gasteiger partial charge < -0.3 is 9.67 Å². The zero-order chi connectivity index (χ0) is 45.3. The van der Waals surface area contributed by atoms with Gasteiger partial charge in [-0.2, -0.15) is 0 Å².